The summed E-state index contributed by atoms with van der Waals surface area (Å²) in [6.45, 7) is 2.13. The standard InChI is InChI=1S/C12H18FN3O2S2/c1-2-20(17,18)10-8-19-6-5-16(10)12-11(13)9(7-14)3-4-15-12/h3-4,10H,2,5-8,14H2,1H3. The average Bonchev–Trinajstić information content (AvgIpc) is 2.47. The van der Waals surface area contributed by atoms with E-state index in [0.29, 0.717) is 17.9 Å². The van der Waals surface area contributed by atoms with Gasteiger partial charge in [0.15, 0.2) is 21.5 Å². The van der Waals surface area contributed by atoms with E-state index < -0.39 is 21.0 Å². The van der Waals surface area contributed by atoms with E-state index in [-0.39, 0.29) is 18.1 Å². The smallest absolute Gasteiger partial charge is 0.171 e. The van der Waals surface area contributed by atoms with Gasteiger partial charge in [-0.2, -0.15) is 11.8 Å². The molecule has 0 aliphatic carbocycles. The Morgan fingerprint density at radius 2 is 2.35 bits per heavy atom. The van der Waals surface area contributed by atoms with E-state index in [1.807, 2.05) is 0 Å². The van der Waals surface area contributed by atoms with Gasteiger partial charge in [-0.1, -0.05) is 6.92 Å². The predicted octanol–water partition coefficient (Wildman–Crippen LogP) is 0.993. The molecule has 0 aromatic carbocycles. The molecule has 0 spiro atoms. The van der Waals surface area contributed by atoms with Gasteiger partial charge in [0.2, 0.25) is 0 Å². The zero-order valence-electron chi connectivity index (χ0n) is 11.3. The zero-order valence-corrected chi connectivity index (χ0v) is 12.9. The SMILES string of the molecule is CCS(=O)(=O)C1CSCCN1c1nccc(CN)c1F. The normalized spacial score (nSPS) is 20.1. The van der Waals surface area contributed by atoms with Crippen LogP contribution in [0, 0.1) is 5.82 Å². The van der Waals surface area contributed by atoms with Crippen LogP contribution in [0.25, 0.3) is 0 Å². The maximum atomic E-state index is 14.3. The van der Waals surface area contributed by atoms with Crippen LogP contribution in [0.15, 0.2) is 12.3 Å². The molecule has 1 aromatic heterocycles. The quantitative estimate of drug-likeness (QED) is 0.892. The topological polar surface area (TPSA) is 76.3 Å². The number of hydrogen-bond acceptors (Lipinski definition) is 6. The first-order valence-corrected chi connectivity index (χ1v) is 9.27. The third-order valence-electron chi connectivity index (χ3n) is 3.34. The summed E-state index contributed by atoms with van der Waals surface area (Å²) < 4.78 is 38.7. The van der Waals surface area contributed by atoms with Gasteiger partial charge < -0.3 is 10.6 Å². The highest BCUT2D eigenvalue weighted by Gasteiger charge is 2.35. The summed E-state index contributed by atoms with van der Waals surface area (Å²) in [5, 5.41) is -0.721. The fourth-order valence-corrected chi connectivity index (χ4v) is 5.11. The van der Waals surface area contributed by atoms with Crippen molar-refractivity contribution in [2.45, 2.75) is 18.8 Å². The minimum atomic E-state index is -3.29. The lowest BCUT2D eigenvalue weighted by Crippen LogP contribution is -2.48. The minimum Gasteiger partial charge on any atom is -0.336 e. The highest BCUT2D eigenvalue weighted by molar-refractivity contribution is 8.01. The van der Waals surface area contributed by atoms with E-state index in [9.17, 15) is 12.8 Å². The Balaban J connectivity index is 2.43. The van der Waals surface area contributed by atoms with Gasteiger partial charge in [0.25, 0.3) is 0 Å². The number of aromatic nitrogens is 1. The predicted molar refractivity (Wildman–Crippen MR) is 80.0 cm³/mol. The Kier molecular flexibility index (Phi) is 4.87. The van der Waals surface area contributed by atoms with Crippen molar-refractivity contribution in [3.05, 3.63) is 23.6 Å². The lowest BCUT2D eigenvalue weighted by Gasteiger charge is -2.35. The van der Waals surface area contributed by atoms with Crippen molar-refractivity contribution in [2.75, 3.05) is 28.7 Å². The molecule has 2 N–H and O–H groups in total. The highest BCUT2D eigenvalue weighted by Crippen LogP contribution is 2.28. The maximum absolute atomic E-state index is 14.3. The van der Waals surface area contributed by atoms with E-state index in [1.165, 1.54) is 12.3 Å². The number of sulfone groups is 1. The third kappa shape index (κ3) is 2.91. The summed E-state index contributed by atoms with van der Waals surface area (Å²) >= 11 is 1.56. The Morgan fingerprint density at radius 1 is 1.60 bits per heavy atom. The molecule has 1 unspecified atom stereocenters. The summed E-state index contributed by atoms with van der Waals surface area (Å²) in [5.41, 5.74) is 5.84. The van der Waals surface area contributed by atoms with Crippen molar-refractivity contribution in [3.63, 3.8) is 0 Å². The number of rotatable bonds is 4. The highest BCUT2D eigenvalue weighted by atomic mass is 32.2. The minimum absolute atomic E-state index is 0.0346. The second-order valence-corrected chi connectivity index (χ2v) is 8.08. The van der Waals surface area contributed by atoms with Gasteiger partial charge in [-0.3, -0.25) is 0 Å². The molecule has 20 heavy (non-hydrogen) atoms. The van der Waals surface area contributed by atoms with Gasteiger partial charge in [-0.15, -0.1) is 0 Å². The zero-order chi connectivity index (χ0) is 14.8. The van der Waals surface area contributed by atoms with Gasteiger partial charge in [0, 0.05) is 42.1 Å². The number of halogens is 1. The Hall–Kier alpha value is -0.860. The summed E-state index contributed by atoms with van der Waals surface area (Å²) in [6.07, 6.45) is 1.47. The van der Waals surface area contributed by atoms with E-state index in [1.54, 1.807) is 23.6 Å². The molecule has 1 saturated heterocycles. The summed E-state index contributed by atoms with van der Waals surface area (Å²) in [6, 6.07) is 1.51. The fraction of sp³-hybridized carbons (Fsp3) is 0.583. The van der Waals surface area contributed by atoms with E-state index in [2.05, 4.69) is 4.98 Å². The van der Waals surface area contributed by atoms with Crippen LogP contribution < -0.4 is 10.6 Å². The van der Waals surface area contributed by atoms with E-state index in [0.717, 1.165) is 5.75 Å². The van der Waals surface area contributed by atoms with Crippen molar-refractivity contribution < 1.29 is 12.8 Å². The number of nitrogens with two attached hydrogens (primary N) is 1. The molecule has 8 heteroatoms. The van der Waals surface area contributed by atoms with Crippen LogP contribution in [0.1, 0.15) is 12.5 Å². The van der Waals surface area contributed by atoms with Crippen LogP contribution in [0.4, 0.5) is 10.2 Å². The second kappa shape index (κ2) is 6.28. The van der Waals surface area contributed by atoms with Crippen LogP contribution in [0.3, 0.4) is 0 Å². The summed E-state index contributed by atoms with van der Waals surface area (Å²) in [7, 11) is -3.29. The second-order valence-electron chi connectivity index (χ2n) is 4.49. The summed E-state index contributed by atoms with van der Waals surface area (Å²) in [5.74, 6) is 0.800. The molecule has 0 amide bonds. The van der Waals surface area contributed by atoms with E-state index in [4.69, 9.17) is 5.73 Å². The first kappa shape index (κ1) is 15.5. The lowest BCUT2D eigenvalue weighted by atomic mass is 10.2. The molecule has 0 radical (unpaired) electrons. The molecular formula is C12H18FN3O2S2. The maximum Gasteiger partial charge on any atom is 0.171 e. The first-order valence-electron chi connectivity index (χ1n) is 6.40. The Morgan fingerprint density at radius 3 is 3.00 bits per heavy atom. The van der Waals surface area contributed by atoms with Crippen molar-refractivity contribution in [2.24, 2.45) is 5.73 Å². The molecule has 2 heterocycles. The molecule has 0 saturated carbocycles. The van der Waals surface area contributed by atoms with Crippen molar-refractivity contribution in [3.8, 4) is 0 Å². The van der Waals surface area contributed by atoms with Gasteiger partial charge in [-0.05, 0) is 6.07 Å². The molecule has 0 bridgehead atoms. The van der Waals surface area contributed by atoms with Gasteiger partial charge in [-0.25, -0.2) is 17.8 Å². The summed E-state index contributed by atoms with van der Waals surface area (Å²) in [4.78, 5) is 5.59. The van der Waals surface area contributed by atoms with Crippen LogP contribution in [0.5, 0.6) is 0 Å². The molecule has 1 aliphatic rings. The molecule has 5 nitrogen and oxygen atoms in total. The van der Waals surface area contributed by atoms with Crippen LogP contribution in [0.2, 0.25) is 0 Å². The molecule has 2 rings (SSSR count). The third-order valence-corrected chi connectivity index (χ3v) is 6.63. The number of hydrogen-bond donors (Lipinski definition) is 1. The first-order chi connectivity index (χ1) is 9.51. The fourth-order valence-electron chi connectivity index (χ4n) is 2.14. The van der Waals surface area contributed by atoms with Crippen LogP contribution in [-0.2, 0) is 16.4 Å². The van der Waals surface area contributed by atoms with E-state index >= 15 is 0 Å². The monoisotopic (exact) mass is 319 g/mol. The largest absolute Gasteiger partial charge is 0.336 e. The molecule has 1 aromatic rings. The van der Waals surface area contributed by atoms with Crippen LogP contribution in [-0.4, -0.2) is 42.6 Å². The number of anilines is 1. The van der Waals surface area contributed by atoms with Gasteiger partial charge >= 0.3 is 0 Å². The van der Waals surface area contributed by atoms with Gasteiger partial charge in [0.05, 0.1) is 0 Å². The number of thioether (sulfide) groups is 1. The average molecular weight is 319 g/mol. The molecule has 1 fully saturated rings. The Bertz CT molecular complexity index is 580. The van der Waals surface area contributed by atoms with Crippen molar-refractivity contribution in [1.29, 1.82) is 0 Å². The number of pyridine rings is 1. The van der Waals surface area contributed by atoms with Crippen LogP contribution >= 0.6 is 11.8 Å². The van der Waals surface area contributed by atoms with Gasteiger partial charge in [0.1, 0.15) is 5.37 Å². The Labute approximate surface area is 122 Å². The van der Waals surface area contributed by atoms with Crippen molar-refractivity contribution >= 4 is 27.4 Å². The number of nitrogens with zero attached hydrogens (tertiary/aromatic N) is 2. The lowest BCUT2D eigenvalue weighted by molar-refractivity contribution is 0.567. The molecule has 1 aliphatic heterocycles. The molecule has 1 atom stereocenters. The van der Waals surface area contributed by atoms with Crippen molar-refractivity contribution in [1.82, 2.24) is 4.98 Å². The molecular weight excluding hydrogens is 301 g/mol. The molecule has 112 valence electrons.